The van der Waals surface area contributed by atoms with E-state index < -0.39 is 11.8 Å². The molecule has 2 amide bonds. The molecule has 0 aliphatic carbocycles. The number of benzene rings is 2. The van der Waals surface area contributed by atoms with Gasteiger partial charge in [0.2, 0.25) is 11.9 Å². The smallest absolute Gasteiger partial charge is 0.270 e. The van der Waals surface area contributed by atoms with Crippen molar-refractivity contribution in [3.8, 4) is 11.5 Å². The summed E-state index contributed by atoms with van der Waals surface area (Å²) >= 11 is 0. The second-order valence-corrected chi connectivity index (χ2v) is 13.8. The fourth-order valence-corrected chi connectivity index (χ4v) is 5.76. The van der Waals surface area contributed by atoms with Crippen LogP contribution in [0.3, 0.4) is 0 Å². The second kappa shape index (κ2) is 27.0. The zero-order valence-electron chi connectivity index (χ0n) is 37.9. The number of carbonyl (C=O) groups excluding carboxylic acids is 4. The third-order valence-electron chi connectivity index (χ3n) is 8.76. The van der Waals surface area contributed by atoms with E-state index in [1.54, 1.807) is 41.8 Å². The van der Waals surface area contributed by atoms with Crippen LogP contribution in [0.15, 0.2) is 64.2 Å². The van der Waals surface area contributed by atoms with Crippen molar-refractivity contribution in [2.24, 2.45) is 21.5 Å². The Kier molecular flexibility index (Phi) is 22.3. The highest BCUT2D eigenvalue weighted by Crippen LogP contribution is 2.39. The van der Waals surface area contributed by atoms with Gasteiger partial charge >= 0.3 is 0 Å². The number of fused-ring (bicyclic) bond motifs is 1. The van der Waals surface area contributed by atoms with Gasteiger partial charge in [0.1, 0.15) is 40.4 Å². The van der Waals surface area contributed by atoms with Gasteiger partial charge in [0, 0.05) is 76.8 Å². The monoisotopic (exact) mass is 873 g/mol. The molecule has 0 saturated heterocycles. The van der Waals surface area contributed by atoms with Gasteiger partial charge in [-0.3, -0.25) is 39.5 Å². The van der Waals surface area contributed by atoms with Crippen LogP contribution >= 0.6 is 0 Å². The molecule has 0 aliphatic rings. The number of aliphatic imine (C=N–C) groups is 2. The number of ether oxygens (including phenoxy) is 2. The quantitative estimate of drug-likeness (QED) is 0.0125. The largest absolute Gasteiger partial charge is 0.494 e. The summed E-state index contributed by atoms with van der Waals surface area (Å²) in [4.78, 5) is 61.1. The van der Waals surface area contributed by atoms with Crippen molar-refractivity contribution in [3.05, 3.63) is 71.2 Å². The molecule has 4 rings (SSSR count). The number of amides is 2. The summed E-state index contributed by atoms with van der Waals surface area (Å²) in [5.41, 5.74) is 25.4. The van der Waals surface area contributed by atoms with Crippen LogP contribution in [0.25, 0.3) is 11.0 Å². The first-order valence-electron chi connectivity index (χ1n) is 20.2. The van der Waals surface area contributed by atoms with Crippen molar-refractivity contribution >= 4 is 70.9 Å². The lowest BCUT2D eigenvalue weighted by Gasteiger charge is -2.27. The number of aryl methyl sites for hydroxylation is 2. The number of nitrogens with one attached hydrogen (secondary N) is 3. The Morgan fingerprint density at radius 3 is 2.30 bits per heavy atom. The summed E-state index contributed by atoms with van der Waals surface area (Å²) in [6.07, 6.45) is 7.97. The molecule has 2 aromatic heterocycles. The average molecular weight is 873 g/mol. The topological polar surface area (TPSA) is 268 Å². The lowest BCUT2D eigenvalue weighted by molar-refractivity contribution is -0.114. The Morgan fingerprint density at radius 1 is 1.05 bits per heavy atom. The maximum absolute atomic E-state index is 13.1. The number of nitrogens with two attached hydrogens (primary N) is 3. The third kappa shape index (κ3) is 16.1. The molecule has 2 heterocycles. The highest BCUT2D eigenvalue weighted by Gasteiger charge is 2.21. The van der Waals surface area contributed by atoms with Crippen molar-refractivity contribution in [3.63, 3.8) is 0 Å². The van der Waals surface area contributed by atoms with Gasteiger partial charge < -0.3 is 51.6 Å². The van der Waals surface area contributed by atoms with E-state index in [0.717, 1.165) is 30.3 Å². The molecule has 0 fully saturated rings. The van der Waals surface area contributed by atoms with Crippen LogP contribution in [-0.4, -0.2) is 123 Å². The van der Waals surface area contributed by atoms with Crippen molar-refractivity contribution in [1.82, 2.24) is 35.1 Å². The Morgan fingerprint density at radius 2 is 1.76 bits per heavy atom. The average Bonchev–Trinajstić information content (AvgIpc) is 3.82. The molecule has 0 spiro atoms. The van der Waals surface area contributed by atoms with E-state index in [2.05, 4.69) is 42.8 Å². The van der Waals surface area contributed by atoms with E-state index in [4.69, 9.17) is 26.7 Å². The fraction of sp³-hybridized carbons (Fsp3) is 0.395. The SMILES string of the molecule is C=Nc1cc(C(N)=O)cc(OC)c1N(C/C=C/Cn1c(NC)nc2cc(N)cc(OCCCC=O)c21)CNC(=O)C(/C=C(/C)N)=NCC.CCn1nc(C)cc1C=O.CNN(C)C. The van der Waals surface area contributed by atoms with Gasteiger partial charge in [-0.25, -0.2) is 4.98 Å². The second-order valence-electron chi connectivity index (χ2n) is 13.8. The molecule has 4 aromatic rings. The van der Waals surface area contributed by atoms with Crippen molar-refractivity contribution in [2.45, 2.75) is 53.6 Å². The molecule has 0 saturated carbocycles. The minimum atomic E-state index is -0.657. The maximum atomic E-state index is 13.1. The number of imidazole rings is 1. The Bertz CT molecular complexity index is 2240. The minimum Gasteiger partial charge on any atom is -0.494 e. The van der Waals surface area contributed by atoms with Gasteiger partial charge in [0.25, 0.3) is 5.91 Å². The summed E-state index contributed by atoms with van der Waals surface area (Å²) in [6.45, 7) is 13.1. The van der Waals surface area contributed by atoms with Crippen LogP contribution in [0, 0.1) is 6.92 Å². The van der Waals surface area contributed by atoms with Crippen LogP contribution in [0.1, 0.15) is 60.2 Å². The number of unbranched alkanes of at least 4 members (excludes halogenated alkanes) is 1. The molecule has 0 bridgehead atoms. The molecule has 0 radical (unpaired) electrons. The molecule has 342 valence electrons. The van der Waals surface area contributed by atoms with Crippen molar-refractivity contribution in [1.29, 1.82) is 0 Å². The zero-order valence-corrected chi connectivity index (χ0v) is 37.9. The minimum absolute atomic E-state index is 0.00594. The van der Waals surface area contributed by atoms with Crippen LogP contribution in [0.2, 0.25) is 0 Å². The maximum Gasteiger partial charge on any atom is 0.270 e. The van der Waals surface area contributed by atoms with Gasteiger partial charge in [-0.15, -0.1) is 0 Å². The van der Waals surface area contributed by atoms with Crippen molar-refractivity contribution < 1.29 is 28.7 Å². The number of carbonyl (C=O) groups is 4. The first-order valence-corrected chi connectivity index (χ1v) is 20.2. The number of anilines is 3. The van der Waals surface area contributed by atoms with Crippen LogP contribution in [0.5, 0.6) is 11.5 Å². The molecule has 20 nitrogen and oxygen atoms in total. The first kappa shape index (κ1) is 52.1. The molecule has 2 aromatic carbocycles. The predicted octanol–water partition coefficient (Wildman–Crippen LogP) is 3.62. The number of hydrogen-bond acceptors (Lipinski definition) is 16. The lowest BCUT2D eigenvalue weighted by atomic mass is 10.1. The molecular weight excluding hydrogens is 809 g/mol. The highest BCUT2D eigenvalue weighted by molar-refractivity contribution is 6.43. The van der Waals surface area contributed by atoms with Crippen LogP contribution in [-0.2, 0) is 22.7 Å². The highest BCUT2D eigenvalue weighted by atomic mass is 16.5. The summed E-state index contributed by atoms with van der Waals surface area (Å²) in [6, 6.07) is 8.29. The van der Waals surface area contributed by atoms with Gasteiger partial charge in [-0.05, 0) is 78.2 Å². The number of primary amides is 1. The zero-order chi connectivity index (χ0) is 47.1. The van der Waals surface area contributed by atoms with E-state index in [0.29, 0.717) is 84.0 Å². The first-order chi connectivity index (χ1) is 30.1. The summed E-state index contributed by atoms with van der Waals surface area (Å²) in [7, 11) is 8.99. The summed E-state index contributed by atoms with van der Waals surface area (Å²) in [5.74, 6) is 0.365. The number of hydrogen-bond donors (Lipinski definition) is 6. The van der Waals surface area contributed by atoms with E-state index in [-0.39, 0.29) is 24.5 Å². The third-order valence-corrected chi connectivity index (χ3v) is 8.76. The number of allylic oxidation sites excluding steroid dienone is 2. The van der Waals surface area contributed by atoms with Crippen molar-refractivity contribution in [2.75, 3.05) is 77.6 Å². The lowest BCUT2D eigenvalue weighted by Crippen LogP contribution is -2.41. The van der Waals surface area contributed by atoms with Crippen LogP contribution < -0.4 is 47.6 Å². The number of methoxy groups -OCH3 is 1. The molecule has 20 heteroatoms. The summed E-state index contributed by atoms with van der Waals surface area (Å²) < 4.78 is 15.3. The Hall–Kier alpha value is -7.06. The number of nitrogen functional groups attached to an aromatic ring is 1. The number of aromatic nitrogens is 4. The number of aldehydes is 2. The fourth-order valence-electron chi connectivity index (χ4n) is 5.76. The van der Waals surface area contributed by atoms with E-state index in [1.165, 1.54) is 25.3 Å². The Labute approximate surface area is 369 Å². The number of rotatable bonds is 22. The van der Waals surface area contributed by atoms with Crippen LogP contribution in [0.4, 0.5) is 23.0 Å². The van der Waals surface area contributed by atoms with Gasteiger partial charge in [0.05, 0.1) is 37.3 Å². The molecule has 63 heavy (non-hydrogen) atoms. The molecule has 0 atom stereocenters. The van der Waals surface area contributed by atoms with E-state index in [1.807, 2.05) is 63.6 Å². The normalized spacial score (nSPS) is 11.3. The number of hydrazine groups is 1. The molecule has 9 N–H and O–H groups in total. The predicted molar refractivity (Wildman–Crippen MR) is 251 cm³/mol. The van der Waals surface area contributed by atoms with E-state index >= 15 is 0 Å². The van der Waals surface area contributed by atoms with Gasteiger partial charge in [-0.2, -0.15) is 5.10 Å². The Balaban J connectivity index is 0.000000766. The molecule has 0 unspecified atom stereocenters. The number of nitrogens with zero attached hydrogens (tertiary/aromatic N) is 8. The van der Waals surface area contributed by atoms with E-state index in [9.17, 15) is 19.2 Å². The van der Waals surface area contributed by atoms with Gasteiger partial charge in [0.15, 0.2) is 6.29 Å². The summed E-state index contributed by atoms with van der Waals surface area (Å²) in [5, 5.41) is 12.0. The molecular formula is C43H64N14O6. The molecule has 0 aliphatic heterocycles. The van der Waals surface area contributed by atoms with Gasteiger partial charge in [-0.1, -0.05) is 12.2 Å². The standard InChI is InChI=1S/C33H44N10O5.C7H10N2O.C3H10N2/c1-6-39-26(15-21(2)34)32(46)40-20-42(29-24(37-3)16-22(31(36)45)17-27(29)47-5)11-7-8-12-43-30-25(41-33(43)38-4)18-23(35)19-28(30)48-14-10-9-13-44;1-3-9-7(5-10)4-6(2)8-9;1-4-5(2)3/h7-8,13,15-19H,3,6,9-12,14,20,34-35H2,1-2,4-5H3,(H2,36,45)(H,38,41)(H,40,46);4-5H,3H2,1-2H3;4H,1-3H3/b8-7+,21-15-,39-26?;;.